The van der Waals surface area contributed by atoms with Crippen LogP contribution in [0, 0.1) is 0 Å². The molecule has 0 amide bonds. The van der Waals surface area contributed by atoms with Crippen molar-refractivity contribution in [2.45, 2.75) is 26.1 Å². The van der Waals surface area contributed by atoms with Crippen LogP contribution in [0.25, 0.3) is 0 Å². The second-order valence-corrected chi connectivity index (χ2v) is 3.98. The molecular weight excluding hydrogens is 259 g/mol. The van der Waals surface area contributed by atoms with Crippen molar-refractivity contribution in [3.8, 4) is 5.75 Å². The summed E-state index contributed by atoms with van der Waals surface area (Å²) in [5.41, 5.74) is 4.64. The highest BCUT2D eigenvalue weighted by atomic mass is 19.4. The molecule has 0 fully saturated rings. The van der Waals surface area contributed by atoms with E-state index in [1.165, 1.54) is 12.1 Å². The Morgan fingerprint density at radius 1 is 1.16 bits per heavy atom. The van der Waals surface area contributed by atoms with Crippen molar-refractivity contribution in [2.75, 3.05) is 19.8 Å². The predicted octanol–water partition coefficient (Wildman–Crippen LogP) is 2.97. The second kappa shape index (κ2) is 7.35. The molecule has 1 aromatic rings. The SMILES string of the molecule is CCCOCCOc1ccc(C(F)(F)F)c(CN)c1. The van der Waals surface area contributed by atoms with Crippen molar-refractivity contribution in [3.63, 3.8) is 0 Å². The lowest BCUT2D eigenvalue weighted by Gasteiger charge is -2.13. The van der Waals surface area contributed by atoms with Crippen molar-refractivity contribution < 1.29 is 22.6 Å². The fourth-order valence-electron chi connectivity index (χ4n) is 1.57. The average molecular weight is 277 g/mol. The van der Waals surface area contributed by atoms with Gasteiger partial charge in [-0.1, -0.05) is 6.92 Å². The molecule has 0 atom stereocenters. The van der Waals surface area contributed by atoms with E-state index < -0.39 is 11.7 Å². The monoisotopic (exact) mass is 277 g/mol. The zero-order chi connectivity index (χ0) is 14.3. The van der Waals surface area contributed by atoms with Crippen LogP contribution in [0.1, 0.15) is 24.5 Å². The Bertz CT molecular complexity index is 394. The molecule has 3 nitrogen and oxygen atoms in total. The highest BCUT2D eigenvalue weighted by Gasteiger charge is 2.32. The fourth-order valence-corrected chi connectivity index (χ4v) is 1.57. The van der Waals surface area contributed by atoms with E-state index in [9.17, 15) is 13.2 Å². The molecule has 0 heterocycles. The van der Waals surface area contributed by atoms with Crippen LogP contribution in [0.4, 0.5) is 13.2 Å². The van der Waals surface area contributed by atoms with Gasteiger partial charge in [-0.15, -0.1) is 0 Å². The lowest BCUT2D eigenvalue weighted by atomic mass is 10.1. The van der Waals surface area contributed by atoms with Gasteiger partial charge in [0.15, 0.2) is 0 Å². The van der Waals surface area contributed by atoms with E-state index in [0.29, 0.717) is 25.6 Å². The molecule has 0 saturated heterocycles. The number of hydrogen-bond donors (Lipinski definition) is 1. The third-order valence-corrected chi connectivity index (χ3v) is 2.45. The number of benzene rings is 1. The average Bonchev–Trinajstić information content (AvgIpc) is 2.37. The first-order chi connectivity index (χ1) is 8.99. The zero-order valence-electron chi connectivity index (χ0n) is 10.8. The normalized spacial score (nSPS) is 11.6. The topological polar surface area (TPSA) is 44.5 Å². The molecule has 19 heavy (non-hydrogen) atoms. The van der Waals surface area contributed by atoms with Gasteiger partial charge in [-0.25, -0.2) is 0 Å². The minimum Gasteiger partial charge on any atom is -0.491 e. The first-order valence-corrected chi connectivity index (χ1v) is 6.09. The molecule has 0 aliphatic carbocycles. The van der Waals surface area contributed by atoms with Crippen LogP contribution >= 0.6 is 0 Å². The Kier molecular flexibility index (Phi) is 6.11. The summed E-state index contributed by atoms with van der Waals surface area (Å²) in [5.74, 6) is 0.369. The Hall–Kier alpha value is -1.27. The van der Waals surface area contributed by atoms with Crippen molar-refractivity contribution in [3.05, 3.63) is 29.3 Å². The Morgan fingerprint density at radius 2 is 1.89 bits per heavy atom. The van der Waals surface area contributed by atoms with Gasteiger partial charge in [0.1, 0.15) is 12.4 Å². The predicted molar refractivity (Wildman–Crippen MR) is 65.9 cm³/mol. The standard InChI is InChI=1S/C13H18F3NO2/c1-2-5-18-6-7-19-11-3-4-12(13(14,15)16)10(8-11)9-17/h3-4,8H,2,5-7,9,17H2,1H3. The molecule has 1 aromatic carbocycles. The molecule has 0 aromatic heterocycles. The van der Waals surface area contributed by atoms with Gasteiger partial charge in [0.05, 0.1) is 12.2 Å². The van der Waals surface area contributed by atoms with Crippen LogP contribution in [0.3, 0.4) is 0 Å². The van der Waals surface area contributed by atoms with E-state index in [2.05, 4.69) is 0 Å². The summed E-state index contributed by atoms with van der Waals surface area (Å²) >= 11 is 0. The van der Waals surface area contributed by atoms with Gasteiger partial charge in [-0.05, 0) is 30.2 Å². The Labute approximate surface area is 110 Å². The van der Waals surface area contributed by atoms with Crippen molar-refractivity contribution in [1.29, 1.82) is 0 Å². The third kappa shape index (κ3) is 5.08. The summed E-state index contributed by atoms with van der Waals surface area (Å²) in [7, 11) is 0. The van der Waals surface area contributed by atoms with Gasteiger partial charge in [-0.2, -0.15) is 13.2 Å². The number of nitrogens with two attached hydrogens (primary N) is 1. The van der Waals surface area contributed by atoms with E-state index in [0.717, 1.165) is 12.5 Å². The molecular formula is C13H18F3NO2. The maximum absolute atomic E-state index is 12.6. The maximum Gasteiger partial charge on any atom is 0.416 e. The number of alkyl halides is 3. The lowest BCUT2D eigenvalue weighted by Crippen LogP contribution is -2.13. The van der Waals surface area contributed by atoms with Crippen LogP contribution in [0.5, 0.6) is 5.75 Å². The molecule has 0 bridgehead atoms. The van der Waals surface area contributed by atoms with Gasteiger partial charge in [0, 0.05) is 13.2 Å². The summed E-state index contributed by atoms with van der Waals surface area (Å²) < 4.78 is 48.5. The minimum absolute atomic E-state index is 0.0273. The molecule has 0 unspecified atom stereocenters. The Balaban J connectivity index is 2.62. The number of ether oxygens (including phenoxy) is 2. The number of hydrogen-bond acceptors (Lipinski definition) is 3. The number of halogens is 3. The van der Waals surface area contributed by atoms with Crippen LogP contribution < -0.4 is 10.5 Å². The highest BCUT2D eigenvalue weighted by molar-refractivity contribution is 5.37. The van der Waals surface area contributed by atoms with Crippen LogP contribution in [-0.4, -0.2) is 19.8 Å². The Morgan fingerprint density at radius 3 is 2.47 bits per heavy atom. The quantitative estimate of drug-likeness (QED) is 0.779. The van der Waals surface area contributed by atoms with Crippen molar-refractivity contribution in [1.82, 2.24) is 0 Å². The first-order valence-electron chi connectivity index (χ1n) is 6.09. The summed E-state index contributed by atoms with van der Waals surface area (Å²) in [4.78, 5) is 0. The van der Waals surface area contributed by atoms with Gasteiger partial charge in [-0.3, -0.25) is 0 Å². The molecule has 6 heteroatoms. The van der Waals surface area contributed by atoms with Gasteiger partial charge in [0.2, 0.25) is 0 Å². The van der Waals surface area contributed by atoms with Crippen molar-refractivity contribution >= 4 is 0 Å². The minimum atomic E-state index is -4.39. The largest absolute Gasteiger partial charge is 0.491 e. The fraction of sp³-hybridized carbons (Fsp3) is 0.538. The lowest BCUT2D eigenvalue weighted by molar-refractivity contribution is -0.138. The molecule has 0 saturated carbocycles. The molecule has 1 rings (SSSR count). The van der Waals surface area contributed by atoms with Gasteiger partial charge >= 0.3 is 6.18 Å². The van der Waals surface area contributed by atoms with Gasteiger partial charge < -0.3 is 15.2 Å². The van der Waals surface area contributed by atoms with Crippen LogP contribution in [-0.2, 0) is 17.5 Å². The third-order valence-electron chi connectivity index (χ3n) is 2.45. The molecule has 0 aliphatic heterocycles. The maximum atomic E-state index is 12.6. The molecule has 0 aliphatic rings. The first kappa shape index (κ1) is 15.8. The second-order valence-electron chi connectivity index (χ2n) is 3.98. The van der Waals surface area contributed by atoms with E-state index in [1.54, 1.807) is 0 Å². The van der Waals surface area contributed by atoms with Crippen LogP contribution in [0.15, 0.2) is 18.2 Å². The molecule has 2 N–H and O–H groups in total. The van der Waals surface area contributed by atoms with E-state index >= 15 is 0 Å². The highest BCUT2D eigenvalue weighted by Crippen LogP contribution is 2.33. The molecule has 0 radical (unpaired) electrons. The summed E-state index contributed by atoms with van der Waals surface area (Å²) in [6.45, 7) is 3.16. The van der Waals surface area contributed by atoms with Crippen LogP contribution in [0.2, 0.25) is 0 Å². The molecule has 108 valence electrons. The summed E-state index contributed by atoms with van der Waals surface area (Å²) in [5, 5.41) is 0. The van der Waals surface area contributed by atoms with E-state index in [-0.39, 0.29) is 12.1 Å². The van der Waals surface area contributed by atoms with E-state index in [1.807, 2.05) is 6.92 Å². The smallest absolute Gasteiger partial charge is 0.416 e. The molecule has 0 spiro atoms. The van der Waals surface area contributed by atoms with E-state index in [4.69, 9.17) is 15.2 Å². The summed E-state index contributed by atoms with van der Waals surface area (Å²) in [6, 6.07) is 3.61. The number of rotatable bonds is 7. The summed E-state index contributed by atoms with van der Waals surface area (Å²) in [6.07, 6.45) is -3.48. The van der Waals surface area contributed by atoms with Crippen molar-refractivity contribution in [2.24, 2.45) is 5.73 Å². The van der Waals surface area contributed by atoms with Gasteiger partial charge in [0.25, 0.3) is 0 Å². The zero-order valence-corrected chi connectivity index (χ0v) is 10.8.